The second-order valence-corrected chi connectivity index (χ2v) is 8.15. The van der Waals surface area contributed by atoms with Crippen LogP contribution in [0.25, 0.3) is 0 Å². The van der Waals surface area contributed by atoms with Crippen molar-refractivity contribution in [2.24, 2.45) is 11.0 Å². The van der Waals surface area contributed by atoms with Crippen LogP contribution in [0.3, 0.4) is 0 Å². The number of nitrogens with one attached hydrogen (secondary N) is 1. The Labute approximate surface area is 186 Å². The van der Waals surface area contributed by atoms with Crippen molar-refractivity contribution in [3.63, 3.8) is 0 Å². The number of rotatable bonds is 6. The Kier molecular flexibility index (Phi) is 5.56. The SMILES string of the molecule is O=C(N/N=C/c1cc([N+](=O)[O-])cc(Br)c1[O-])[C@@H]1CC1(c1ccccc1)c1ccccc1. The van der Waals surface area contributed by atoms with Gasteiger partial charge < -0.3 is 5.11 Å². The highest BCUT2D eigenvalue weighted by Gasteiger charge is 2.60. The summed E-state index contributed by atoms with van der Waals surface area (Å²) in [7, 11) is 0. The van der Waals surface area contributed by atoms with Crippen LogP contribution in [0, 0.1) is 16.0 Å². The third-order valence-corrected chi connectivity index (χ3v) is 6.09. The van der Waals surface area contributed by atoms with Gasteiger partial charge in [0.1, 0.15) is 0 Å². The molecular weight excluding hydrogens is 462 g/mol. The molecule has 7 nitrogen and oxygen atoms in total. The molecule has 0 heterocycles. The van der Waals surface area contributed by atoms with Crippen LogP contribution in [0.4, 0.5) is 5.69 Å². The van der Waals surface area contributed by atoms with Crippen molar-refractivity contribution >= 4 is 33.7 Å². The van der Waals surface area contributed by atoms with Crippen LogP contribution in [-0.2, 0) is 10.2 Å². The molecule has 0 aromatic heterocycles. The van der Waals surface area contributed by atoms with E-state index in [1.165, 1.54) is 0 Å². The standard InChI is InChI=1S/C23H18BrN3O4/c24-20-12-18(27(30)31)11-15(21(20)28)14-25-26-22(29)19-13-23(19,16-7-3-1-4-8-16)17-9-5-2-6-10-17/h1-12,14,19,28H,13H2,(H,26,29)/p-1/b25-14+/t19-/m0/s1. The average molecular weight is 479 g/mol. The van der Waals surface area contributed by atoms with E-state index in [1.54, 1.807) is 0 Å². The summed E-state index contributed by atoms with van der Waals surface area (Å²) >= 11 is 3.02. The molecule has 0 spiro atoms. The molecule has 1 aliphatic carbocycles. The predicted molar refractivity (Wildman–Crippen MR) is 118 cm³/mol. The Balaban J connectivity index is 1.55. The monoisotopic (exact) mass is 478 g/mol. The molecule has 8 heteroatoms. The first-order chi connectivity index (χ1) is 14.9. The first kappa shape index (κ1) is 20.7. The number of nitrogens with zero attached hydrogens (tertiary/aromatic N) is 2. The van der Waals surface area contributed by atoms with E-state index in [-0.39, 0.29) is 27.5 Å². The van der Waals surface area contributed by atoms with E-state index >= 15 is 0 Å². The van der Waals surface area contributed by atoms with Crippen LogP contribution in [0.15, 0.2) is 82.4 Å². The van der Waals surface area contributed by atoms with Gasteiger partial charge in [-0.3, -0.25) is 14.9 Å². The smallest absolute Gasteiger partial charge is 0.271 e. The lowest BCUT2D eigenvalue weighted by Gasteiger charge is -2.18. The summed E-state index contributed by atoms with van der Waals surface area (Å²) in [4.78, 5) is 23.3. The summed E-state index contributed by atoms with van der Waals surface area (Å²) in [5, 5.41) is 27.1. The number of nitro groups is 1. The maximum atomic E-state index is 12.9. The number of benzene rings is 3. The molecule has 1 atom stereocenters. The summed E-state index contributed by atoms with van der Waals surface area (Å²) in [6.45, 7) is 0. The fourth-order valence-corrected chi connectivity index (χ4v) is 4.36. The van der Waals surface area contributed by atoms with Crippen LogP contribution in [0.2, 0.25) is 0 Å². The molecule has 1 fully saturated rings. The molecule has 0 bridgehead atoms. The molecule has 1 saturated carbocycles. The van der Waals surface area contributed by atoms with E-state index in [9.17, 15) is 20.0 Å². The molecule has 0 aliphatic heterocycles. The topological polar surface area (TPSA) is 108 Å². The first-order valence-corrected chi connectivity index (χ1v) is 10.3. The Morgan fingerprint density at radius 1 is 1.10 bits per heavy atom. The number of non-ortho nitro benzene ring substituents is 1. The Bertz CT molecular complexity index is 1130. The molecule has 0 unspecified atom stereocenters. The van der Waals surface area contributed by atoms with Gasteiger partial charge in [-0.25, -0.2) is 5.43 Å². The predicted octanol–water partition coefficient (Wildman–Crippen LogP) is 3.89. The minimum Gasteiger partial charge on any atom is -0.871 e. The summed E-state index contributed by atoms with van der Waals surface area (Å²) < 4.78 is 0.0591. The van der Waals surface area contributed by atoms with Gasteiger partial charge in [0.05, 0.1) is 17.1 Å². The number of hydrazone groups is 1. The number of carbonyl (C=O) groups is 1. The lowest BCUT2D eigenvalue weighted by atomic mass is 9.85. The van der Waals surface area contributed by atoms with Crippen molar-refractivity contribution in [1.29, 1.82) is 0 Å². The van der Waals surface area contributed by atoms with E-state index in [0.717, 1.165) is 29.5 Å². The minimum atomic E-state index is -0.599. The van der Waals surface area contributed by atoms with Gasteiger partial charge in [0.2, 0.25) is 5.91 Å². The number of nitro benzene ring substituents is 1. The number of halogens is 1. The summed E-state index contributed by atoms with van der Waals surface area (Å²) in [6, 6.07) is 21.9. The molecule has 1 amide bonds. The van der Waals surface area contributed by atoms with E-state index in [1.807, 2.05) is 60.7 Å². The third-order valence-electron chi connectivity index (χ3n) is 5.50. The van der Waals surface area contributed by atoms with Crippen molar-refractivity contribution in [3.8, 4) is 5.75 Å². The Morgan fingerprint density at radius 3 is 2.23 bits per heavy atom. The van der Waals surface area contributed by atoms with Gasteiger partial charge in [-0.2, -0.15) is 5.10 Å². The molecule has 0 saturated heterocycles. The van der Waals surface area contributed by atoms with Crippen LogP contribution < -0.4 is 10.5 Å². The van der Waals surface area contributed by atoms with Crippen LogP contribution in [0.1, 0.15) is 23.1 Å². The van der Waals surface area contributed by atoms with Gasteiger partial charge in [-0.15, -0.1) is 0 Å². The molecule has 3 aromatic carbocycles. The highest BCUT2D eigenvalue weighted by molar-refractivity contribution is 9.10. The van der Waals surface area contributed by atoms with Crippen LogP contribution in [0.5, 0.6) is 5.75 Å². The zero-order chi connectivity index (χ0) is 22.0. The fourth-order valence-electron chi connectivity index (χ4n) is 3.90. The van der Waals surface area contributed by atoms with E-state index in [0.29, 0.717) is 6.42 Å². The van der Waals surface area contributed by atoms with Crippen molar-refractivity contribution in [1.82, 2.24) is 5.43 Å². The maximum absolute atomic E-state index is 12.9. The highest BCUT2D eigenvalue weighted by Crippen LogP contribution is 2.58. The fraction of sp³-hybridized carbons (Fsp3) is 0.130. The molecule has 31 heavy (non-hydrogen) atoms. The van der Waals surface area contributed by atoms with Gasteiger partial charge >= 0.3 is 0 Å². The second-order valence-electron chi connectivity index (χ2n) is 7.30. The molecule has 1 N–H and O–H groups in total. The molecular formula is C23H17BrN3O4-. The van der Waals surface area contributed by atoms with E-state index in [4.69, 9.17) is 0 Å². The number of amides is 1. The largest absolute Gasteiger partial charge is 0.871 e. The molecule has 4 rings (SSSR count). The quantitative estimate of drug-likeness (QED) is 0.329. The zero-order valence-electron chi connectivity index (χ0n) is 16.2. The summed E-state index contributed by atoms with van der Waals surface area (Å²) in [5.74, 6) is -1.04. The number of hydrogen-bond donors (Lipinski definition) is 1. The van der Waals surface area contributed by atoms with Gasteiger partial charge in [-0.1, -0.05) is 82.3 Å². The van der Waals surface area contributed by atoms with Gasteiger partial charge in [0.25, 0.3) is 5.69 Å². The lowest BCUT2D eigenvalue weighted by molar-refractivity contribution is -0.385. The van der Waals surface area contributed by atoms with Gasteiger partial charge in [0.15, 0.2) is 0 Å². The van der Waals surface area contributed by atoms with Gasteiger partial charge in [0, 0.05) is 22.0 Å². The van der Waals surface area contributed by atoms with Crippen molar-refractivity contribution in [2.75, 3.05) is 0 Å². The lowest BCUT2D eigenvalue weighted by Crippen LogP contribution is -2.25. The Morgan fingerprint density at radius 2 is 1.68 bits per heavy atom. The molecule has 0 radical (unpaired) electrons. The molecule has 3 aromatic rings. The van der Waals surface area contributed by atoms with Gasteiger partial charge in [-0.05, 0) is 23.1 Å². The van der Waals surface area contributed by atoms with E-state index < -0.39 is 16.1 Å². The zero-order valence-corrected chi connectivity index (χ0v) is 17.8. The molecule has 156 valence electrons. The highest BCUT2D eigenvalue weighted by atomic mass is 79.9. The van der Waals surface area contributed by atoms with Crippen molar-refractivity contribution in [2.45, 2.75) is 11.8 Å². The third kappa shape index (κ3) is 3.94. The second kappa shape index (κ2) is 8.31. The van der Waals surface area contributed by atoms with E-state index in [2.05, 4.69) is 26.5 Å². The van der Waals surface area contributed by atoms with Crippen LogP contribution in [-0.4, -0.2) is 17.0 Å². The normalized spacial score (nSPS) is 16.7. The number of hydrogen-bond acceptors (Lipinski definition) is 5. The number of carbonyl (C=O) groups excluding carboxylic acids is 1. The first-order valence-electron chi connectivity index (χ1n) is 9.52. The molecule has 1 aliphatic rings. The summed E-state index contributed by atoms with van der Waals surface area (Å²) in [6.07, 6.45) is 1.77. The minimum absolute atomic E-state index is 0.00885. The Hall–Kier alpha value is -3.52. The summed E-state index contributed by atoms with van der Waals surface area (Å²) in [5.41, 5.74) is 3.93. The van der Waals surface area contributed by atoms with Crippen LogP contribution >= 0.6 is 15.9 Å². The van der Waals surface area contributed by atoms with Crippen molar-refractivity contribution < 1.29 is 14.8 Å². The average Bonchev–Trinajstić information content (AvgIpc) is 3.55. The maximum Gasteiger partial charge on any atom is 0.271 e. The van der Waals surface area contributed by atoms with Crippen molar-refractivity contribution in [3.05, 3.63) is 104 Å².